The molecule has 1 aliphatic carbocycles. The van der Waals surface area contributed by atoms with Crippen LogP contribution in [-0.2, 0) is 10.2 Å². The molecule has 1 aliphatic heterocycles. The number of nitrogens with zero attached hydrogens (tertiary/aromatic N) is 3. The number of piperidine rings is 1. The van der Waals surface area contributed by atoms with E-state index in [1.54, 1.807) is 23.0 Å². The lowest BCUT2D eigenvalue weighted by Crippen LogP contribution is -2.50. The Kier molecular flexibility index (Phi) is 5.39. The van der Waals surface area contributed by atoms with E-state index in [0.717, 1.165) is 50.5 Å². The van der Waals surface area contributed by atoms with Crippen molar-refractivity contribution in [2.24, 2.45) is 0 Å². The van der Waals surface area contributed by atoms with E-state index in [-0.39, 0.29) is 23.3 Å². The van der Waals surface area contributed by atoms with E-state index in [0.29, 0.717) is 13.1 Å². The van der Waals surface area contributed by atoms with E-state index >= 15 is 0 Å². The highest BCUT2D eigenvalue weighted by Crippen LogP contribution is 2.42. The highest BCUT2D eigenvalue weighted by Gasteiger charge is 2.44. The van der Waals surface area contributed by atoms with Crippen molar-refractivity contribution in [1.82, 2.24) is 14.7 Å². The summed E-state index contributed by atoms with van der Waals surface area (Å²) in [6, 6.07) is 6.52. The molecule has 1 aromatic carbocycles. The molecule has 0 atom stereocenters. The van der Waals surface area contributed by atoms with Gasteiger partial charge in [-0.1, -0.05) is 31.4 Å². The lowest BCUT2D eigenvalue weighted by atomic mass is 9.68. The van der Waals surface area contributed by atoms with Crippen molar-refractivity contribution in [2.75, 3.05) is 13.1 Å². The Morgan fingerprint density at radius 3 is 2.31 bits per heavy atom. The van der Waals surface area contributed by atoms with Gasteiger partial charge in [0.05, 0.1) is 23.2 Å². The van der Waals surface area contributed by atoms with Crippen LogP contribution in [0.4, 0.5) is 4.39 Å². The first-order chi connectivity index (χ1) is 14.0. The minimum absolute atomic E-state index is 0.0975. The molecule has 1 aromatic heterocycles. The number of carboxylic acid groups (broad SMARTS) is 1. The quantitative estimate of drug-likeness (QED) is 0.849. The summed E-state index contributed by atoms with van der Waals surface area (Å²) in [7, 11) is 0. The average Bonchev–Trinajstić information content (AvgIpc) is 3.25. The van der Waals surface area contributed by atoms with Gasteiger partial charge in [-0.05, 0) is 43.4 Å². The van der Waals surface area contributed by atoms with Crippen LogP contribution in [0.25, 0.3) is 0 Å². The maximum atomic E-state index is 13.6. The van der Waals surface area contributed by atoms with Gasteiger partial charge in [-0.2, -0.15) is 5.10 Å². The number of hydrogen-bond donors (Lipinski definition) is 1. The summed E-state index contributed by atoms with van der Waals surface area (Å²) < 4.78 is 15.2. The number of aromatic carboxylic acids is 1. The second-order valence-corrected chi connectivity index (χ2v) is 8.19. The Morgan fingerprint density at radius 2 is 1.72 bits per heavy atom. The van der Waals surface area contributed by atoms with Crippen LogP contribution >= 0.6 is 0 Å². The first kappa shape index (κ1) is 19.6. The van der Waals surface area contributed by atoms with Crippen molar-refractivity contribution in [3.63, 3.8) is 0 Å². The molecule has 2 fully saturated rings. The minimum Gasteiger partial charge on any atom is -0.478 e. The number of carbonyl (C=O) groups excluding carboxylic acids is 1. The maximum Gasteiger partial charge on any atom is 0.338 e. The number of hydrogen-bond acceptors (Lipinski definition) is 3. The minimum atomic E-state index is -0.984. The molecule has 0 bridgehead atoms. The summed E-state index contributed by atoms with van der Waals surface area (Å²) in [6.07, 6.45) is 9.16. The number of benzene rings is 1. The molecule has 1 amide bonds. The first-order valence-electron chi connectivity index (χ1n) is 10.3. The fourth-order valence-corrected chi connectivity index (χ4v) is 4.83. The average molecular weight is 399 g/mol. The van der Waals surface area contributed by atoms with Gasteiger partial charge in [0, 0.05) is 19.3 Å². The number of aromatic nitrogens is 2. The van der Waals surface area contributed by atoms with Crippen molar-refractivity contribution in [3.8, 4) is 0 Å². The molecule has 4 rings (SSSR count). The molecule has 154 valence electrons. The highest BCUT2D eigenvalue weighted by atomic mass is 19.1. The molecule has 1 saturated heterocycles. The molecule has 0 spiro atoms. The standard InChI is InChI=1S/C22H26FN3O3/c23-18-6-4-17(5-7-18)22(10-2-1-3-11-22)21(29)25-12-8-19(9-13-25)26-15-16(14-24-26)20(27)28/h4-7,14-15,19H,1-3,8-13H2,(H,27,28). The molecule has 2 aromatic rings. The van der Waals surface area contributed by atoms with Crippen LogP contribution in [-0.4, -0.2) is 44.8 Å². The summed E-state index contributed by atoms with van der Waals surface area (Å²) in [5.41, 5.74) is 0.547. The van der Waals surface area contributed by atoms with Crippen molar-refractivity contribution in [2.45, 2.75) is 56.4 Å². The molecule has 7 heteroatoms. The monoisotopic (exact) mass is 399 g/mol. The summed E-state index contributed by atoms with van der Waals surface area (Å²) >= 11 is 0. The van der Waals surface area contributed by atoms with Crippen molar-refractivity contribution in [3.05, 3.63) is 53.6 Å². The van der Waals surface area contributed by atoms with Crippen LogP contribution in [0, 0.1) is 5.82 Å². The van der Waals surface area contributed by atoms with Crippen molar-refractivity contribution >= 4 is 11.9 Å². The number of likely N-dealkylation sites (tertiary alicyclic amines) is 1. The highest BCUT2D eigenvalue weighted by molar-refractivity contribution is 5.88. The normalized spacial score (nSPS) is 19.8. The fourth-order valence-electron chi connectivity index (χ4n) is 4.83. The first-order valence-corrected chi connectivity index (χ1v) is 10.3. The lowest BCUT2D eigenvalue weighted by Gasteiger charge is -2.42. The summed E-state index contributed by atoms with van der Waals surface area (Å²) in [6.45, 7) is 1.24. The second-order valence-electron chi connectivity index (χ2n) is 8.19. The lowest BCUT2D eigenvalue weighted by molar-refractivity contribution is -0.140. The third kappa shape index (κ3) is 3.78. The summed E-state index contributed by atoms with van der Waals surface area (Å²) in [5, 5.41) is 13.3. The van der Waals surface area contributed by atoms with Gasteiger partial charge in [-0.15, -0.1) is 0 Å². The zero-order valence-corrected chi connectivity index (χ0v) is 16.4. The van der Waals surface area contributed by atoms with Gasteiger partial charge >= 0.3 is 5.97 Å². The zero-order valence-electron chi connectivity index (χ0n) is 16.4. The van der Waals surface area contributed by atoms with Crippen LogP contribution in [0.3, 0.4) is 0 Å². The Hall–Kier alpha value is -2.70. The van der Waals surface area contributed by atoms with Crippen molar-refractivity contribution < 1.29 is 19.1 Å². The van der Waals surface area contributed by atoms with E-state index in [1.807, 2.05) is 4.90 Å². The van der Waals surface area contributed by atoms with Gasteiger partial charge in [0.2, 0.25) is 5.91 Å². The molecule has 1 N–H and O–H groups in total. The van der Waals surface area contributed by atoms with Crippen LogP contribution in [0.15, 0.2) is 36.7 Å². The summed E-state index contributed by atoms with van der Waals surface area (Å²) in [4.78, 5) is 26.6. The van der Waals surface area contributed by atoms with E-state index in [1.165, 1.54) is 18.3 Å². The van der Waals surface area contributed by atoms with Crippen LogP contribution < -0.4 is 0 Å². The van der Waals surface area contributed by atoms with E-state index < -0.39 is 11.4 Å². The van der Waals surface area contributed by atoms with Crippen LogP contribution in [0.5, 0.6) is 0 Å². The van der Waals surface area contributed by atoms with Gasteiger partial charge in [-0.3, -0.25) is 9.48 Å². The third-order valence-electron chi connectivity index (χ3n) is 6.49. The van der Waals surface area contributed by atoms with E-state index in [2.05, 4.69) is 5.10 Å². The summed E-state index contributed by atoms with van der Waals surface area (Å²) in [5.74, 6) is -1.12. The molecule has 2 heterocycles. The van der Waals surface area contributed by atoms with Gasteiger partial charge < -0.3 is 10.0 Å². The van der Waals surface area contributed by atoms with E-state index in [9.17, 15) is 14.0 Å². The van der Waals surface area contributed by atoms with Gasteiger partial charge in [0.1, 0.15) is 5.82 Å². The molecule has 2 aliphatic rings. The predicted molar refractivity (Wildman–Crippen MR) is 105 cm³/mol. The number of carboxylic acids is 1. The Labute approximate surface area is 169 Å². The number of halogens is 1. The van der Waals surface area contributed by atoms with Crippen LogP contribution in [0.1, 0.15) is 66.9 Å². The smallest absolute Gasteiger partial charge is 0.338 e. The molecular formula is C22H26FN3O3. The van der Waals surface area contributed by atoms with Gasteiger partial charge in [-0.25, -0.2) is 9.18 Å². The maximum absolute atomic E-state index is 13.6. The molecule has 1 saturated carbocycles. The molecule has 29 heavy (non-hydrogen) atoms. The SMILES string of the molecule is O=C(O)c1cnn(C2CCN(C(=O)C3(c4ccc(F)cc4)CCCCC3)CC2)c1. The molecular weight excluding hydrogens is 373 g/mol. The topological polar surface area (TPSA) is 75.4 Å². The second kappa shape index (κ2) is 7.97. The molecule has 0 unspecified atom stereocenters. The van der Waals surface area contributed by atoms with Gasteiger partial charge in [0.25, 0.3) is 0 Å². The predicted octanol–water partition coefficient (Wildman–Crippen LogP) is 3.79. The third-order valence-corrected chi connectivity index (χ3v) is 6.49. The number of carbonyl (C=O) groups is 2. The number of amides is 1. The van der Waals surface area contributed by atoms with Crippen molar-refractivity contribution in [1.29, 1.82) is 0 Å². The van der Waals surface area contributed by atoms with E-state index in [4.69, 9.17) is 5.11 Å². The Balaban J connectivity index is 1.49. The number of rotatable bonds is 4. The Bertz CT molecular complexity index is 879. The molecule has 6 nitrogen and oxygen atoms in total. The van der Waals surface area contributed by atoms with Crippen LogP contribution in [0.2, 0.25) is 0 Å². The molecule has 0 radical (unpaired) electrons. The fraction of sp³-hybridized carbons (Fsp3) is 0.500. The largest absolute Gasteiger partial charge is 0.478 e. The van der Waals surface area contributed by atoms with Gasteiger partial charge in [0.15, 0.2) is 0 Å². The zero-order chi connectivity index (χ0) is 20.4. The Morgan fingerprint density at radius 1 is 1.07 bits per heavy atom.